The third kappa shape index (κ3) is 6.05. The van der Waals surface area contributed by atoms with Crippen LogP contribution in [0.2, 0.25) is 0 Å². The summed E-state index contributed by atoms with van der Waals surface area (Å²) in [4.78, 5) is 24.9. The zero-order chi connectivity index (χ0) is 21.3. The van der Waals surface area contributed by atoms with Gasteiger partial charge in [0.15, 0.2) is 0 Å². The van der Waals surface area contributed by atoms with Crippen LogP contribution < -0.4 is 16.0 Å². The smallest absolute Gasteiger partial charge is 0.315 e. The predicted molar refractivity (Wildman–Crippen MR) is 115 cm³/mol. The number of aryl methyl sites for hydroxylation is 1. The van der Waals surface area contributed by atoms with Gasteiger partial charge >= 0.3 is 6.03 Å². The molecule has 0 saturated carbocycles. The van der Waals surface area contributed by atoms with Gasteiger partial charge < -0.3 is 20.5 Å². The molecule has 2 aromatic rings. The van der Waals surface area contributed by atoms with Crippen LogP contribution in [-0.4, -0.2) is 39.3 Å². The van der Waals surface area contributed by atoms with Crippen LogP contribution >= 0.6 is 0 Å². The second-order valence-electron chi connectivity index (χ2n) is 8.07. The average molecular weight is 413 g/mol. The zero-order valence-electron chi connectivity index (χ0n) is 17.9. The number of nitrogens with one attached hydrogen (secondary N) is 3. The van der Waals surface area contributed by atoms with Crippen molar-refractivity contribution in [3.63, 3.8) is 0 Å². The molecule has 0 spiro atoms. The van der Waals surface area contributed by atoms with Crippen molar-refractivity contribution in [3.8, 4) is 0 Å². The molecule has 0 saturated heterocycles. The summed E-state index contributed by atoms with van der Waals surface area (Å²) < 4.78 is 2.19. The summed E-state index contributed by atoms with van der Waals surface area (Å²) in [7, 11) is 0. The Morgan fingerprint density at radius 3 is 2.63 bits per heavy atom. The fourth-order valence-corrected chi connectivity index (χ4v) is 3.64. The molecule has 3 rings (SSSR count). The highest BCUT2D eigenvalue weighted by atomic mass is 16.2. The molecule has 1 aromatic carbocycles. The van der Waals surface area contributed by atoms with Crippen LogP contribution in [-0.2, 0) is 30.7 Å². The Morgan fingerprint density at radius 1 is 1.07 bits per heavy atom. The molecule has 1 aliphatic heterocycles. The highest BCUT2D eigenvalue weighted by Crippen LogP contribution is 2.14. The Morgan fingerprint density at radius 2 is 1.87 bits per heavy atom. The quantitative estimate of drug-likeness (QED) is 0.619. The van der Waals surface area contributed by atoms with Gasteiger partial charge in [-0.05, 0) is 24.3 Å². The van der Waals surface area contributed by atoms with Crippen LogP contribution in [0.5, 0.6) is 0 Å². The Hall–Kier alpha value is -2.90. The van der Waals surface area contributed by atoms with E-state index in [2.05, 4.69) is 30.7 Å². The third-order valence-corrected chi connectivity index (χ3v) is 5.37. The average Bonchev–Trinajstić information content (AvgIpc) is 2.96. The molecule has 1 aromatic heterocycles. The van der Waals surface area contributed by atoms with Gasteiger partial charge in [-0.3, -0.25) is 4.79 Å². The number of aromatic nitrogens is 3. The molecule has 0 fully saturated rings. The maximum Gasteiger partial charge on any atom is 0.315 e. The van der Waals surface area contributed by atoms with E-state index in [1.807, 2.05) is 44.2 Å². The van der Waals surface area contributed by atoms with Crippen molar-refractivity contribution in [2.75, 3.05) is 6.54 Å². The number of amides is 3. The molecular formula is C22H32N6O2. The lowest BCUT2D eigenvalue weighted by Crippen LogP contribution is -2.52. The second-order valence-corrected chi connectivity index (χ2v) is 8.07. The fourth-order valence-electron chi connectivity index (χ4n) is 3.64. The minimum absolute atomic E-state index is 0.0307. The Balaban J connectivity index is 1.47. The van der Waals surface area contributed by atoms with Crippen LogP contribution in [0.25, 0.3) is 0 Å². The van der Waals surface area contributed by atoms with Gasteiger partial charge in [0.25, 0.3) is 0 Å². The molecule has 30 heavy (non-hydrogen) atoms. The summed E-state index contributed by atoms with van der Waals surface area (Å²) in [5.74, 6) is 1.75. The monoisotopic (exact) mass is 412 g/mol. The Bertz CT molecular complexity index is 833. The number of hydrogen-bond acceptors (Lipinski definition) is 4. The molecule has 8 heteroatoms. The molecule has 8 nitrogen and oxygen atoms in total. The largest absolute Gasteiger partial charge is 0.354 e. The summed E-state index contributed by atoms with van der Waals surface area (Å²) in [6.07, 6.45) is 5.11. The topological polar surface area (TPSA) is 101 Å². The molecule has 0 bridgehead atoms. The number of benzene rings is 1. The van der Waals surface area contributed by atoms with Crippen molar-refractivity contribution in [1.82, 2.24) is 30.7 Å². The van der Waals surface area contributed by atoms with Gasteiger partial charge in [-0.1, -0.05) is 50.6 Å². The summed E-state index contributed by atoms with van der Waals surface area (Å²) in [5.41, 5.74) is 1.01. The van der Waals surface area contributed by atoms with E-state index in [0.717, 1.165) is 43.0 Å². The van der Waals surface area contributed by atoms with Crippen molar-refractivity contribution in [2.45, 2.75) is 65.1 Å². The number of carbonyl (C=O) groups is 2. The first-order chi connectivity index (χ1) is 14.5. The number of urea groups is 1. The highest BCUT2D eigenvalue weighted by molar-refractivity contribution is 5.87. The van der Waals surface area contributed by atoms with E-state index < -0.39 is 6.04 Å². The molecule has 0 radical (unpaired) electrons. The number of nitrogens with zero attached hydrogens (tertiary/aromatic N) is 3. The second kappa shape index (κ2) is 10.8. The Kier molecular flexibility index (Phi) is 7.82. The molecule has 2 heterocycles. The molecule has 3 amide bonds. The summed E-state index contributed by atoms with van der Waals surface area (Å²) in [6.45, 7) is 5.66. The third-order valence-electron chi connectivity index (χ3n) is 5.37. The molecule has 1 atom stereocenters. The van der Waals surface area contributed by atoms with Crippen molar-refractivity contribution >= 4 is 11.9 Å². The van der Waals surface area contributed by atoms with Gasteiger partial charge in [0, 0.05) is 32.5 Å². The van der Waals surface area contributed by atoms with E-state index in [1.54, 1.807) is 0 Å². The van der Waals surface area contributed by atoms with Crippen molar-refractivity contribution in [2.24, 2.45) is 5.92 Å². The van der Waals surface area contributed by atoms with Crippen LogP contribution in [0.4, 0.5) is 4.79 Å². The lowest BCUT2D eigenvalue weighted by Gasteiger charge is -2.22. The SMILES string of the molecule is CC(C)C(NC(=O)NCc1ccccc1)C(=O)NCCc1nnc2n1CCCCC2. The number of carbonyl (C=O) groups excluding carboxylic acids is 2. The minimum Gasteiger partial charge on any atom is -0.354 e. The fraction of sp³-hybridized carbons (Fsp3) is 0.545. The van der Waals surface area contributed by atoms with E-state index in [1.165, 1.54) is 6.42 Å². The van der Waals surface area contributed by atoms with Gasteiger partial charge in [-0.15, -0.1) is 10.2 Å². The van der Waals surface area contributed by atoms with Crippen LogP contribution in [0.3, 0.4) is 0 Å². The predicted octanol–water partition coefficient (Wildman–Crippen LogP) is 2.19. The molecule has 162 valence electrons. The molecule has 1 aliphatic rings. The first-order valence-electron chi connectivity index (χ1n) is 10.8. The van der Waals surface area contributed by atoms with E-state index >= 15 is 0 Å². The van der Waals surface area contributed by atoms with Crippen LogP contribution in [0.1, 0.15) is 50.3 Å². The minimum atomic E-state index is -0.601. The first-order valence-corrected chi connectivity index (χ1v) is 10.8. The lowest BCUT2D eigenvalue weighted by molar-refractivity contribution is -0.123. The van der Waals surface area contributed by atoms with E-state index in [9.17, 15) is 9.59 Å². The molecular weight excluding hydrogens is 380 g/mol. The summed E-state index contributed by atoms with van der Waals surface area (Å²) in [6, 6.07) is 8.71. The van der Waals surface area contributed by atoms with E-state index in [0.29, 0.717) is 19.5 Å². The van der Waals surface area contributed by atoms with Gasteiger partial charge in [-0.25, -0.2) is 4.79 Å². The van der Waals surface area contributed by atoms with Crippen LogP contribution in [0.15, 0.2) is 30.3 Å². The van der Waals surface area contributed by atoms with Crippen molar-refractivity contribution in [1.29, 1.82) is 0 Å². The first kappa shape index (κ1) is 21.8. The Labute approximate surface area is 177 Å². The number of fused-ring (bicyclic) bond motifs is 1. The van der Waals surface area contributed by atoms with Gasteiger partial charge in [0.05, 0.1) is 0 Å². The van der Waals surface area contributed by atoms with Gasteiger partial charge in [0.1, 0.15) is 17.7 Å². The normalized spacial score (nSPS) is 14.5. The van der Waals surface area contributed by atoms with Gasteiger partial charge in [0.2, 0.25) is 5.91 Å². The number of hydrogen-bond donors (Lipinski definition) is 3. The standard InChI is InChI=1S/C22H32N6O2/c1-16(2)20(25-22(30)24-15-17-9-5-3-6-10-17)21(29)23-13-12-19-27-26-18-11-7-4-8-14-28(18)19/h3,5-6,9-10,16,20H,4,7-8,11-15H2,1-2H3,(H,23,29)(H2,24,25,30). The highest BCUT2D eigenvalue weighted by Gasteiger charge is 2.24. The maximum absolute atomic E-state index is 12.7. The molecule has 1 unspecified atom stereocenters. The van der Waals surface area contributed by atoms with E-state index in [4.69, 9.17) is 0 Å². The van der Waals surface area contributed by atoms with Crippen LogP contribution in [0, 0.1) is 5.92 Å². The van der Waals surface area contributed by atoms with E-state index in [-0.39, 0.29) is 17.9 Å². The molecule has 3 N–H and O–H groups in total. The molecule has 0 aliphatic carbocycles. The maximum atomic E-state index is 12.7. The lowest BCUT2D eigenvalue weighted by atomic mass is 10.0. The zero-order valence-corrected chi connectivity index (χ0v) is 17.9. The summed E-state index contributed by atoms with van der Waals surface area (Å²) >= 11 is 0. The van der Waals surface area contributed by atoms with Gasteiger partial charge in [-0.2, -0.15) is 0 Å². The number of rotatable bonds is 8. The van der Waals surface area contributed by atoms with Crippen molar-refractivity contribution in [3.05, 3.63) is 47.5 Å². The van der Waals surface area contributed by atoms with Crippen molar-refractivity contribution < 1.29 is 9.59 Å². The summed E-state index contributed by atoms with van der Waals surface area (Å²) in [5, 5.41) is 17.1.